The highest BCUT2D eigenvalue weighted by Gasteiger charge is 2.17. The molecule has 0 unspecified atom stereocenters. The Balaban J connectivity index is 2.79. The Morgan fingerprint density at radius 1 is 1.24 bits per heavy atom. The molecule has 21 heavy (non-hydrogen) atoms. The molecular weight excluding hydrogens is 292 g/mol. The van der Waals surface area contributed by atoms with E-state index in [9.17, 15) is 13.2 Å². The zero-order valence-electron chi connectivity index (χ0n) is 12.3. The third kappa shape index (κ3) is 5.82. The molecule has 0 radical (unpaired) electrons. The van der Waals surface area contributed by atoms with Gasteiger partial charge in [0.05, 0.1) is 4.90 Å². The van der Waals surface area contributed by atoms with Gasteiger partial charge in [0, 0.05) is 25.8 Å². The molecule has 0 aliphatic carbocycles. The number of aliphatic hydroxyl groups is 1. The van der Waals surface area contributed by atoms with Crippen LogP contribution in [-0.4, -0.2) is 32.6 Å². The number of aliphatic hydroxyl groups excluding tert-OH is 1. The van der Waals surface area contributed by atoms with Crippen molar-refractivity contribution in [3.63, 3.8) is 0 Å². The molecule has 3 N–H and O–H groups in total. The van der Waals surface area contributed by atoms with Crippen LogP contribution in [-0.2, 0) is 14.8 Å². The first kappa shape index (κ1) is 17.6. The van der Waals surface area contributed by atoms with E-state index >= 15 is 0 Å². The molecule has 0 saturated heterocycles. The van der Waals surface area contributed by atoms with Gasteiger partial charge in [-0.3, -0.25) is 4.79 Å². The molecule has 1 rings (SSSR count). The van der Waals surface area contributed by atoms with E-state index in [-0.39, 0.29) is 17.4 Å². The Morgan fingerprint density at radius 2 is 1.95 bits per heavy atom. The largest absolute Gasteiger partial charge is 0.396 e. The third-order valence-electron chi connectivity index (χ3n) is 2.93. The second-order valence-electron chi connectivity index (χ2n) is 4.84. The number of anilines is 1. The van der Waals surface area contributed by atoms with Crippen molar-refractivity contribution in [3.05, 3.63) is 23.8 Å². The second-order valence-corrected chi connectivity index (χ2v) is 6.58. The maximum atomic E-state index is 12.3. The molecule has 0 bridgehead atoms. The molecule has 1 amide bonds. The molecule has 0 fully saturated rings. The third-order valence-corrected chi connectivity index (χ3v) is 4.53. The lowest BCUT2D eigenvalue weighted by Crippen LogP contribution is -2.25. The van der Waals surface area contributed by atoms with Crippen LogP contribution >= 0.6 is 0 Å². The zero-order chi connectivity index (χ0) is 15.9. The van der Waals surface area contributed by atoms with Gasteiger partial charge in [0.15, 0.2) is 0 Å². The van der Waals surface area contributed by atoms with E-state index in [0.29, 0.717) is 30.6 Å². The highest BCUT2D eigenvalue weighted by atomic mass is 32.2. The van der Waals surface area contributed by atoms with Gasteiger partial charge in [0.25, 0.3) is 0 Å². The van der Waals surface area contributed by atoms with E-state index < -0.39 is 10.0 Å². The quantitative estimate of drug-likeness (QED) is 0.632. The Kier molecular flexibility index (Phi) is 6.80. The predicted molar refractivity (Wildman–Crippen MR) is 81.6 cm³/mol. The minimum atomic E-state index is -3.60. The minimum absolute atomic E-state index is 0.116. The van der Waals surface area contributed by atoms with Crippen LogP contribution in [0.2, 0.25) is 0 Å². The maximum Gasteiger partial charge on any atom is 0.240 e. The van der Waals surface area contributed by atoms with Gasteiger partial charge < -0.3 is 10.4 Å². The highest BCUT2D eigenvalue weighted by Crippen LogP contribution is 2.20. The van der Waals surface area contributed by atoms with E-state index in [0.717, 1.165) is 6.42 Å². The van der Waals surface area contributed by atoms with Gasteiger partial charge in [0.1, 0.15) is 0 Å². The molecule has 6 nitrogen and oxygen atoms in total. The molecule has 0 aliphatic rings. The van der Waals surface area contributed by atoms with E-state index in [1.54, 1.807) is 19.1 Å². The lowest BCUT2D eigenvalue weighted by atomic mass is 10.2. The normalized spacial score (nSPS) is 11.4. The van der Waals surface area contributed by atoms with Crippen LogP contribution in [0.15, 0.2) is 23.1 Å². The highest BCUT2D eigenvalue weighted by molar-refractivity contribution is 7.89. The number of carbonyl (C=O) groups is 1. The average molecular weight is 314 g/mol. The number of carbonyl (C=O) groups excluding carboxylic acids is 1. The number of benzene rings is 1. The van der Waals surface area contributed by atoms with Crippen molar-refractivity contribution in [1.29, 1.82) is 0 Å². The summed E-state index contributed by atoms with van der Waals surface area (Å²) in [5, 5.41) is 11.2. The Hall–Kier alpha value is -1.44. The summed E-state index contributed by atoms with van der Waals surface area (Å²) < 4.78 is 27.0. The van der Waals surface area contributed by atoms with Gasteiger partial charge in [-0.05, 0) is 43.9 Å². The summed E-state index contributed by atoms with van der Waals surface area (Å²) in [6.45, 7) is 3.52. The molecule has 0 saturated carbocycles. The molecule has 0 atom stereocenters. The number of unbranched alkanes of at least 4 members (excludes halogenated alkanes) is 2. The van der Waals surface area contributed by atoms with Crippen LogP contribution in [0.5, 0.6) is 0 Å². The van der Waals surface area contributed by atoms with Crippen molar-refractivity contribution >= 4 is 21.6 Å². The standard InChI is InChI=1S/C14H22N2O4S/c1-11-6-7-13(16-12(2)18)10-14(11)21(19,20)15-8-4-3-5-9-17/h6-7,10,15,17H,3-5,8-9H2,1-2H3,(H,16,18). The van der Waals surface area contributed by atoms with E-state index in [4.69, 9.17) is 5.11 Å². The first-order chi connectivity index (χ1) is 9.86. The average Bonchev–Trinajstić information content (AvgIpc) is 2.40. The van der Waals surface area contributed by atoms with Crippen LogP contribution in [0.1, 0.15) is 31.7 Å². The van der Waals surface area contributed by atoms with Crippen LogP contribution in [0, 0.1) is 6.92 Å². The summed E-state index contributed by atoms with van der Waals surface area (Å²) in [6.07, 6.45) is 2.10. The lowest BCUT2D eigenvalue weighted by Gasteiger charge is -2.11. The number of nitrogens with one attached hydrogen (secondary N) is 2. The predicted octanol–water partition coefficient (Wildman–Crippen LogP) is 1.39. The molecule has 0 aromatic heterocycles. The van der Waals surface area contributed by atoms with Crippen molar-refractivity contribution < 1.29 is 18.3 Å². The number of aryl methyl sites for hydroxylation is 1. The van der Waals surface area contributed by atoms with Crippen LogP contribution < -0.4 is 10.0 Å². The number of sulfonamides is 1. The van der Waals surface area contributed by atoms with Crippen LogP contribution in [0.3, 0.4) is 0 Å². The molecule has 0 spiro atoms. The first-order valence-electron chi connectivity index (χ1n) is 6.85. The number of hydrogen-bond acceptors (Lipinski definition) is 4. The SMILES string of the molecule is CC(=O)Nc1ccc(C)c(S(=O)(=O)NCCCCCO)c1. The number of hydrogen-bond donors (Lipinski definition) is 3. The molecule has 7 heteroatoms. The molecule has 1 aromatic rings. The topological polar surface area (TPSA) is 95.5 Å². The Labute approximate surface area is 125 Å². The van der Waals surface area contributed by atoms with Gasteiger partial charge in [-0.2, -0.15) is 0 Å². The van der Waals surface area contributed by atoms with E-state index in [1.807, 2.05) is 0 Å². The fourth-order valence-electron chi connectivity index (χ4n) is 1.87. The van der Waals surface area contributed by atoms with Gasteiger partial charge in [0.2, 0.25) is 15.9 Å². The van der Waals surface area contributed by atoms with Crippen LogP contribution in [0.25, 0.3) is 0 Å². The lowest BCUT2D eigenvalue weighted by molar-refractivity contribution is -0.114. The fourth-order valence-corrected chi connectivity index (χ4v) is 3.21. The van der Waals surface area contributed by atoms with Gasteiger partial charge >= 0.3 is 0 Å². The molecule has 118 valence electrons. The summed E-state index contributed by atoms with van der Waals surface area (Å²) in [6, 6.07) is 4.77. The number of rotatable bonds is 8. The summed E-state index contributed by atoms with van der Waals surface area (Å²) in [7, 11) is -3.60. The second kappa shape index (κ2) is 8.11. The zero-order valence-corrected chi connectivity index (χ0v) is 13.2. The summed E-state index contributed by atoms with van der Waals surface area (Å²) in [5.74, 6) is -0.251. The smallest absolute Gasteiger partial charge is 0.240 e. The van der Waals surface area contributed by atoms with Crippen molar-refractivity contribution in [1.82, 2.24) is 4.72 Å². The van der Waals surface area contributed by atoms with Gasteiger partial charge in [-0.1, -0.05) is 6.07 Å². The first-order valence-corrected chi connectivity index (χ1v) is 8.34. The van der Waals surface area contributed by atoms with Crippen molar-refractivity contribution in [2.45, 2.75) is 38.0 Å². The minimum Gasteiger partial charge on any atom is -0.396 e. The van der Waals surface area contributed by atoms with Gasteiger partial charge in [-0.25, -0.2) is 13.1 Å². The van der Waals surface area contributed by atoms with Crippen molar-refractivity contribution in [2.75, 3.05) is 18.5 Å². The van der Waals surface area contributed by atoms with Crippen molar-refractivity contribution in [3.8, 4) is 0 Å². The van der Waals surface area contributed by atoms with Gasteiger partial charge in [-0.15, -0.1) is 0 Å². The summed E-state index contributed by atoms with van der Waals surface area (Å²) in [4.78, 5) is 11.2. The molecular formula is C14H22N2O4S. The summed E-state index contributed by atoms with van der Waals surface area (Å²) in [5.41, 5.74) is 1.07. The van der Waals surface area contributed by atoms with E-state index in [1.165, 1.54) is 13.0 Å². The van der Waals surface area contributed by atoms with E-state index in [2.05, 4.69) is 10.0 Å². The fraction of sp³-hybridized carbons (Fsp3) is 0.500. The molecule has 0 heterocycles. The van der Waals surface area contributed by atoms with Crippen molar-refractivity contribution in [2.24, 2.45) is 0 Å². The molecule has 0 aliphatic heterocycles. The Morgan fingerprint density at radius 3 is 2.57 bits per heavy atom. The van der Waals surface area contributed by atoms with Crippen LogP contribution in [0.4, 0.5) is 5.69 Å². The maximum absolute atomic E-state index is 12.3. The molecule has 1 aromatic carbocycles. The summed E-state index contributed by atoms with van der Waals surface area (Å²) >= 11 is 0. The number of amides is 1. The monoisotopic (exact) mass is 314 g/mol. The Bertz CT molecular complexity index is 585.